The van der Waals surface area contributed by atoms with Gasteiger partial charge in [-0.15, -0.1) is 0 Å². The second-order valence-corrected chi connectivity index (χ2v) is 4.28. The van der Waals surface area contributed by atoms with Crippen LogP contribution in [0.25, 0.3) is 0 Å². The van der Waals surface area contributed by atoms with Crippen LogP contribution >= 0.6 is 0 Å². The molecule has 0 bridgehead atoms. The van der Waals surface area contributed by atoms with Crippen molar-refractivity contribution in [3.8, 4) is 6.07 Å². The number of hydrogen-bond acceptors (Lipinski definition) is 4. The third kappa shape index (κ3) is 8.25. The standard InChI is InChI=1S/C12H22N2O2/c1-11(2)10-14(9-5-7-13)8-4-6-12(15)16-3/h11H,4-6,8-10H2,1-3H3. The minimum absolute atomic E-state index is 0.162. The van der Waals surface area contributed by atoms with Crippen LogP contribution in [0.5, 0.6) is 0 Å². The Morgan fingerprint density at radius 3 is 2.62 bits per heavy atom. The molecule has 0 aromatic heterocycles. The molecule has 0 radical (unpaired) electrons. The lowest BCUT2D eigenvalue weighted by atomic mass is 10.2. The molecule has 0 aromatic carbocycles. The molecule has 0 saturated heterocycles. The van der Waals surface area contributed by atoms with Crippen molar-refractivity contribution < 1.29 is 9.53 Å². The third-order valence-electron chi connectivity index (χ3n) is 2.25. The molecule has 4 nitrogen and oxygen atoms in total. The highest BCUT2D eigenvalue weighted by molar-refractivity contribution is 5.69. The summed E-state index contributed by atoms with van der Waals surface area (Å²) in [6.07, 6.45) is 1.80. The SMILES string of the molecule is COC(=O)CCCN(CCC#N)CC(C)C. The lowest BCUT2D eigenvalue weighted by Gasteiger charge is -2.22. The first-order valence-electron chi connectivity index (χ1n) is 5.76. The van der Waals surface area contributed by atoms with Gasteiger partial charge >= 0.3 is 5.97 Å². The summed E-state index contributed by atoms with van der Waals surface area (Å²) < 4.78 is 4.58. The Bertz CT molecular complexity index is 234. The van der Waals surface area contributed by atoms with Crippen LogP contribution in [0.1, 0.15) is 33.1 Å². The van der Waals surface area contributed by atoms with Crippen molar-refractivity contribution in [3.63, 3.8) is 0 Å². The first-order valence-corrected chi connectivity index (χ1v) is 5.76. The largest absolute Gasteiger partial charge is 0.469 e. The van der Waals surface area contributed by atoms with Crippen LogP contribution in [0.4, 0.5) is 0 Å². The molecule has 0 atom stereocenters. The molecule has 92 valence electrons. The molecule has 0 saturated carbocycles. The van der Waals surface area contributed by atoms with E-state index in [4.69, 9.17) is 5.26 Å². The molecule has 0 aliphatic rings. The molecule has 0 aliphatic carbocycles. The van der Waals surface area contributed by atoms with E-state index in [1.54, 1.807) is 0 Å². The monoisotopic (exact) mass is 226 g/mol. The Kier molecular flexibility index (Phi) is 8.55. The molecule has 0 N–H and O–H groups in total. The number of hydrogen-bond donors (Lipinski definition) is 0. The number of nitriles is 1. The van der Waals surface area contributed by atoms with Crippen LogP contribution in [-0.4, -0.2) is 37.6 Å². The summed E-state index contributed by atoms with van der Waals surface area (Å²) in [6, 6.07) is 2.15. The number of carbonyl (C=O) groups excluding carboxylic acids is 1. The van der Waals surface area contributed by atoms with Gasteiger partial charge in [-0.25, -0.2) is 0 Å². The van der Waals surface area contributed by atoms with Gasteiger partial charge in [-0.2, -0.15) is 5.26 Å². The lowest BCUT2D eigenvalue weighted by molar-refractivity contribution is -0.140. The minimum atomic E-state index is -0.162. The quantitative estimate of drug-likeness (QED) is 0.592. The first kappa shape index (κ1) is 14.9. The maximum absolute atomic E-state index is 10.9. The molecule has 4 heteroatoms. The normalized spacial score (nSPS) is 10.5. The van der Waals surface area contributed by atoms with E-state index < -0.39 is 0 Å². The fourth-order valence-corrected chi connectivity index (χ4v) is 1.57. The van der Waals surface area contributed by atoms with Crippen LogP contribution in [0.15, 0.2) is 0 Å². The van der Waals surface area contributed by atoms with E-state index in [2.05, 4.69) is 29.6 Å². The van der Waals surface area contributed by atoms with Crippen molar-refractivity contribution in [1.29, 1.82) is 5.26 Å². The topological polar surface area (TPSA) is 53.3 Å². The summed E-state index contributed by atoms with van der Waals surface area (Å²) in [5.74, 6) is 0.418. The Morgan fingerprint density at radius 1 is 1.44 bits per heavy atom. The van der Waals surface area contributed by atoms with Crippen molar-refractivity contribution in [1.82, 2.24) is 4.90 Å². The highest BCUT2D eigenvalue weighted by atomic mass is 16.5. The van der Waals surface area contributed by atoms with Gasteiger partial charge in [-0.3, -0.25) is 4.79 Å². The zero-order valence-corrected chi connectivity index (χ0v) is 10.5. The fourth-order valence-electron chi connectivity index (χ4n) is 1.57. The second-order valence-electron chi connectivity index (χ2n) is 4.28. The number of rotatable bonds is 8. The van der Waals surface area contributed by atoms with Crippen molar-refractivity contribution in [2.45, 2.75) is 33.1 Å². The van der Waals surface area contributed by atoms with Gasteiger partial charge in [0.05, 0.1) is 13.2 Å². The predicted molar refractivity (Wildman–Crippen MR) is 62.8 cm³/mol. The molecular weight excluding hydrogens is 204 g/mol. The average molecular weight is 226 g/mol. The average Bonchev–Trinajstić information content (AvgIpc) is 2.24. The number of methoxy groups -OCH3 is 1. The van der Waals surface area contributed by atoms with E-state index in [1.807, 2.05) is 0 Å². The summed E-state index contributed by atoms with van der Waals surface area (Å²) in [6.45, 7) is 6.92. The van der Waals surface area contributed by atoms with E-state index in [1.165, 1.54) is 7.11 Å². The Labute approximate surface area is 98.2 Å². The van der Waals surface area contributed by atoms with Gasteiger partial charge in [0.1, 0.15) is 0 Å². The van der Waals surface area contributed by atoms with Gasteiger partial charge < -0.3 is 9.64 Å². The van der Waals surface area contributed by atoms with Crippen molar-refractivity contribution in [2.24, 2.45) is 5.92 Å². The van der Waals surface area contributed by atoms with Crippen molar-refractivity contribution >= 4 is 5.97 Å². The fraction of sp³-hybridized carbons (Fsp3) is 0.833. The molecule has 0 spiro atoms. The van der Waals surface area contributed by atoms with Gasteiger partial charge in [0.2, 0.25) is 0 Å². The Morgan fingerprint density at radius 2 is 2.12 bits per heavy atom. The summed E-state index contributed by atoms with van der Waals surface area (Å²) in [4.78, 5) is 13.2. The van der Waals surface area contributed by atoms with Crippen molar-refractivity contribution in [3.05, 3.63) is 0 Å². The van der Waals surface area contributed by atoms with Crippen LogP contribution in [0, 0.1) is 17.2 Å². The minimum Gasteiger partial charge on any atom is -0.469 e. The van der Waals surface area contributed by atoms with E-state index in [9.17, 15) is 4.79 Å². The number of carbonyl (C=O) groups is 1. The summed E-state index contributed by atoms with van der Waals surface area (Å²) in [5, 5.41) is 8.55. The maximum atomic E-state index is 10.9. The van der Waals surface area contributed by atoms with Crippen LogP contribution in [0.3, 0.4) is 0 Å². The van der Waals surface area contributed by atoms with E-state index >= 15 is 0 Å². The van der Waals surface area contributed by atoms with E-state index in [-0.39, 0.29) is 5.97 Å². The van der Waals surface area contributed by atoms with Gasteiger partial charge in [0.25, 0.3) is 0 Å². The summed E-state index contributed by atoms with van der Waals surface area (Å²) >= 11 is 0. The molecule has 16 heavy (non-hydrogen) atoms. The highest BCUT2D eigenvalue weighted by Gasteiger charge is 2.08. The number of esters is 1. The molecule has 0 amide bonds. The summed E-state index contributed by atoms with van der Waals surface area (Å²) in [7, 11) is 1.41. The maximum Gasteiger partial charge on any atom is 0.305 e. The Hall–Kier alpha value is -1.08. The number of nitrogens with zero attached hydrogens (tertiary/aromatic N) is 2. The van der Waals surface area contributed by atoms with Gasteiger partial charge in [0, 0.05) is 25.9 Å². The lowest BCUT2D eigenvalue weighted by Crippen LogP contribution is -2.30. The van der Waals surface area contributed by atoms with E-state index in [0.717, 1.165) is 26.1 Å². The zero-order chi connectivity index (χ0) is 12.4. The Balaban J connectivity index is 3.82. The molecule has 0 heterocycles. The second kappa shape index (κ2) is 9.17. The van der Waals surface area contributed by atoms with Crippen LogP contribution in [-0.2, 0) is 9.53 Å². The first-order chi connectivity index (χ1) is 7.60. The number of ether oxygens (including phenoxy) is 1. The van der Waals surface area contributed by atoms with Crippen LogP contribution in [0.2, 0.25) is 0 Å². The highest BCUT2D eigenvalue weighted by Crippen LogP contribution is 2.03. The summed E-state index contributed by atoms with van der Waals surface area (Å²) in [5.41, 5.74) is 0. The van der Waals surface area contributed by atoms with Crippen molar-refractivity contribution in [2.75, 3.05) is 26.7 Å². The molecule has 0 unspecified atom stereocenters. The smallest absolute Gasteiger partial charge is 0.305 e. The zero-order valence-electron chi connectivity index (χ0n) is 10.5. The molecule has 0 aliphatic heterocycles. The molecule has 0 fully saturated rings. The van der Waals surface area contributed by atoms with E-state index in [0.29, 0.717) is 18.8 Å². The molecule has 0 rings (SSSR count). The van der Waals surface area contributed by atoms with Gasteiger partial charge in [-0.1, -0.05) is 13.8 Å². The van der Waals surface area contributed by atoms with Crippen LogP contribution < -0.4 is 0 Å². The molecular formula is C12H22N2O2. The van der Waals surface area contributed by atoms with Gasteiger partial charge in [0.15, 0.2) is 0 Å². The predicted octanol–water partition coefficient (Wildman–Crippen LogP) is 1.81. The molecule has 0 aromatic rings. The van der Waals surface area contributed by atoms with Gasteiger partial charge in [-0.05, 0) is 18.9 Å². The third-order valence-corrected chi connectivity index (χ3v) is 2.25.